The first kappa shape index (κ1) is 18.6. The van der Waals surface area contributed by atoms with Crippen LogP contribution in [0.5, 0.6) is 0 Å². The molecule has 2 nitrogen and oxygen atoms in total. The fourth-order valence-electron chi connectivity index (χ4n) is 0.690. The standard InChI is InChI=1S/C7H8Br.2CO.Mn/c8-6-5-7-3-1-2-4-7;2*1-2;/h1-4H,5-6H2;;;/q-1;;;. The predicted molar refractivity (Wildman–Crippen MR) is 47.4 cm³/mol. The second-order valence-electron chi connectivity index (χ2n) is 1.73. The van der Waals surface area contributed by atoms with Crippen molar-refractivity contribution in [3.8, 4) is 0 Å². The van der Waals surface area contributed by atoms with Crippen LogP contribution in [0.2, 0.25) is 0 Å². The maximum Gasteiger partial charge on any atom is 0 e. The third kappa shape index (κ3) is 11.8. The summed E-state index contributed by atoms with van der Waals surface area (Å²) in [6.07, 6.45) is 1.15. The van der Waals surface area contributed by atoms with Crippen molar-refractivity contribution >= 4 is 15.9 Å². The minimum atomic E-state index is 0. The van der Waals surface area contributed by atoms with E-state index in [4.69, 9.17) is 9.30 Å². The molecule has 0 spiro atoms. The van der Waals surface area contributed by atoms with Gasteiger partial charge in [0.2, 0.25) is 0 Å². The minimum absolute atomic E-state index is 0. The van der Waals surface area contributed by atoms with E-state index in [0.29, 0.717) is 0 Å². The Bertz CT molecular complexity index is 198. The Labute approximate surface area is 97.1 Å². The van der Waals surface area contributed by atoms with Crippen molar-refractivity contribution in [3.63, 3.8) is 0 Å². The third-order valence-corrected chi connectivity index (χ3v) is 1.51. The zero-order valence-corrected chi connectivity index (χ0v) is 9.56. The first-order valence-corrected chi connectivity index (χ1v) is 4.23. The molecule has 1 aromatic carbocycles. The van der Waals surface area contributed by atoms with E-state index < -0.39 is 0 Å². The summed E-state index contributed by atoms with van der Waals surface area (Å²) in [5, 5.41) is 1.07. The van der Waals surface area contributed by atoms with Gasteiger partial charge in [-0.3, -0.25) is 0 Å². The smallest absolute Gasteiger partial charge is 0 e. The van der Waals surface area contributed by atoms with E-state index >= 15 is 0 Å². The van der Waals surface area contributed by atoms with Crippen LogP contribution in [0.4, 0.5) is 0 Å². The Kier molecular flexibility index (Phi) is 25.4. The van der Waals surface area contributed by atoms with Crippen molar-refractivity contribution in [1.29, 1.82) is 0 Å². The van der Waals surface area contributed by atoms with Gasteiger partial charge in [0.25, 0.3) is 0 Å². The Balaban J connectivity index is -0.000000178. The molecule has 0 unspecified atom stereocenters. The third-order valence-electron chi connectivity index (χ3n) is 1.11. The Morgan fingerprint density at radius 2 is 1.85 bits per heavy atom. The number of aryl methyl sites for hydroxylation is 1. The molecule has 0 saturated carbocycles. The molecule has 0 heterocycles. The van der Waals surface area contributed by atoms with Crippen molar-refractivity contribution < 1.29 is 26.4 Å². The van der Waals surface area contributed by atoms with Crippen LogP contribution in [-0.4, -0.2) is 5.33 Å². The molecule has 0 atom stereocenters. The van der Waals surface area contributed by atoms with Gasteiger partial charge in [-0.1, -0.05) is 15.9 Å². The van der Waals surface area contributed by atoms with Crippen molar-refractivity contribution in [1.82, 2.24) is 0 Å². The Hall–Kier alpha value is -0.171. The fraction of sp³-hybridized carbons (Fsp3) is 0.222. The molecule has 1 radical (unpaired) electrons. The van der Waals surface area contributed by atoms with Gasteiger partial charge in [-0.25, -0.2) is 12.1 Å². The molecule has 0 fully saturated rings. The normalized spacial score (nSPS) is 6.23. The van der Waals surface area contributed by atoms with Crippen LogP contribution in [0.25, 0.3) is 0 Å². The van der Waals surface area contributed by atoms with Crippen LogP contribution in [-0.2, 0) is 32.8 Å². The average molecular weight is 283 g/mol. The van der Waals surface area contributed by atoms with Gasteiger partial charge in [0.15, 0.2) is 0 Å². The zero-order chi connectivity index (χ0) is 9.82. The topological polar surface area (TPSA) is 39.8 Å². The van der Waals surface area contributed by atoms with Gasteiger partial charge in [-0.15, -0.1) is 0 Å². The van der Waals surface area contributed by atoms with Gasteiger partial charge in [0.05, 0.1) is 0 Å². The molecular formula is C9H8BrMnO2-. The predicted octanol–water partition coefficient (Wildman–Crippen LogP) is 2.27. The molecule has 71 valence electrons. The summed E-state index contributed by atoms with van der Waals surface area (Å²) in [5.41, 5.74) is 1.42. The van der Waals surface area contributed by atoms with E-state index in [9.17, 15) is 0 Å². The van der Waals surface area contributed by atoms with Crippen molar-refractivity contribution in [2.75, 3.05) is 5.33 Å². The quantitative estimate of drug-likeness (QED) is 0.346. The first-order valence-electron chi connectivity index (χ1n) is 3.11. The van der Waals surface area contributed by atoms with Gasteiger partial charge in [0, 0.05) is 22.4 Å². The molecule has 0 N–H and O–H groups in total. The summed E-state index contributed by atoms with van der Waals surface area (Å²) < 4.78 is 15.0. The van der Waals surface area contributed by atoms with Gasteiger partial charge < -0.3 is 0 Å². The van der Waals surface area contributed by atoms with Crippen molar-refractivity contribution in [2.24, 2.45) is 0 Å². The fourth-order valence-corrected chi connectivity index (χ4v) is 1.15. The summed E-state index contributed by atoms with van der Waals surface area (Å²) in [6.45, 7) is 9.00. The van der Waals surface area contributed by atoms with E-state index in [1.54, 1.807) is 0 Å². The second-order valence-corrected chi connectivity index (χ2v) is 2.53. The number of hydrogen-bond donors (Lipinski definition) is 0. The van der Waals surface area contributed by atoms with Crippen LogP contribution in [0, 0.1) is 13.3 Å². The minimum Gasteiger partial charge on any atom is 0 e. The van der Waals surface area contributed by atoms with Crippen LogP contribution < -0.4 is 0 Å². The monoisotopic (exact) mass is 282 g/mol. The van der Waals surface area contributed by atoms with Crippen LogP contribution in [0.3, 0.4) is 0 Å². The van der Waals surface area contributed by atoms with Crippen LogP contribution >= 0.6 is 15.9 Å². The SMILES string of the molecule is BrCCc1ccc[cH-]1.[C-]#[O+].[C-]#[O+].[Mn]. The Morgan fingerprint density at radius 3 is 2.15 bits per heavy atom. The summed E-state index contributed by atoms with van der Waals surface area (Å²) >= 11 is 3.37. The number of alkyl halides is 1. The molecule has 0 aliphatic carbocycles. The number of hydrogen-bond acceptors (Lipinski definition) is 0. The second kappa shape index (κ2) is 17.8. The van der Waals surface area contributed by atoms with Gasteiger partial charge in [-0.05, 0) is 6.42 Å². The summed E-state index contributed by atoms with van der Waals surface area (Å²) in [6, 6.07) is 8.42. The molecule has 4 heteroatoms. The van der Waals surface area contributed by atoms with E-state index in [1.807, 2.05) is 0 Å². The Morgan fingerprint density at radius 1 is 1.31 bits per heavy atom. The largest absolute Gasteiger partial charge is 0 e. The maximum absolute atomic E-state index is 7.50. The summed E-state index contributed by atoms with van der Waals surface area (Å²) in [7, 11) is 0. The van der Waals surface area contributed by atoms with E-state index in [0.717, 1.165) is 11.8 Å². The number of rotatable bonds is 2. The molecule has 0 saturated heterocycles. The van der Waals surface area contributed by atoms with Gasteiger partial charge in [0.1, 0.15) is 0 Å². The van der Waals surface area contributed by atoms with E-state index in [1.165, 1.54) is 5.56 Å². The summed E-state index contributed by atoms with van der Waals surface area (Å²) in [5.74, 6) is 0. The molecule has 13 heavy (non-hydrogen) atoms. The van der Waals surface area contributed by atoms with Crippen molar-refractivity contribution in [2.45, 2.75) is 6.42 Å². The average Bonchev–Trinajstić information content (AvgIpc) is 2.65. The van der Waals surface area contributed by atoms with Crippen LogP contribution in [0.1, 0.15) is 5.56 Å². The van der Waals surface area contributed by atoms with Gasteiger partial charge >= 0.3 is 22.6 Å². The maximum atomic E-state index is 7.50. The van der Waals surface area contributed by atoms with E-state index in [2.05, 4.69) is 53.5 Å². The zero-order valence-electron chi connectivity index (χ0n) is 6.80. The molecule has 0 aliphatic heterocycles. The number of halogens is 1. The molecule has 1 aromatic rings. The van der Waals surface area contributed by atoms with E-state index in [-0.39, 0.29) is 17.1 Å². The van der Waals surface area contributed by atoms with Crippen LogP contribution in [0.15, 0.2) is 24.3 Å². The summed E-state index contributed by atoms with van der Waals surface area (Å²) in [4.78, 5) is 0. The molecular weight excluding hydrogens is 275 g/mol. The molecule has 1 rings (SSSR count). The first-order chi connectivity index (χ1) is 5.93. The molecule has 0 amide bonds. The van der Waals surface area contributed by atoms with Crippen molar-refractivity contribution in [3.05, 3.63) is 43.1 Å². The molecule has 0 aliphatic rings. The molecule has 0 aromatic heterocycles. The molecule has 0 bridgehead atoms. The van der Waals surface area contributed by atoms with Gasteiger partial charge in [-0.2, -0.15) is 17.7 Å².